The monoisotopic (exact) mass is 428 g/mol. The Morgan fingerprint density at radius 2 is 1.93 bits per heavy atom. The number of anilines is 3. The smallest absolute Gasteiger partial charge is 0.179 e. The molecule has 4 rings (SSSR count). The molecular weight excluding hydrogens is 400 g/mol. The van der Waals surface area contributed by atoms with Gasteiger partial charge in [-0.2, -0.15) is 0 Å². The molecule has 2 aliphatic rings. The highest BCUT2D eigenvalue weighted by Crippen LogP contribution is 2.36. The third-order valence-electron chi connectivity index (χ3n) is 6.18. The van der Waals surface area contributed by atoms with Crippen molar-refractivity contribution >= 4 is 27.3 Å². The predicted molar refractivity (Wildman–Crippen MR) is 119 cm³/mol. The molecule has 0 saturated carbocycles. The molecule has 0 aromatic carbocycles. The number of piperidine rings is 1. The molecule has 2 aromatic heterocycles. The molecule has 2 fully saturated rings. The molecule has 2 aromatic rings. The number of fused-ring (bicyclic) bond motifs is 1. The van der Waals surface area contributed by atoms with Crippen LogP contribution in [0.25, 0.3) is 0 Å². The average molecular weight is 429 g/mol. The lowest BCUT2D eigenvalue weighted by molar-refractivity contribution is 0.347. The standard InChI is InChI=1S/C21H28N6O2S/c1-4-22-20-15(3)21(25-14-24-20)26-9-8-16-11-27(13-17(16)12-26)19-7-6-18(10-23-19)30(28,29)5-2/h4,6-7,10,14,16-17H,1,5,8-9,11-13H2,2-3H3,(H,22,24,25)/t16-,17+/m1/s1. The number of nitrogens with one attached hydrogen (secondary N) is 1. The predicted octanol–water partition coefficient (Wildman–Crippen LogP) is 2.49. The van der Waals surface area contributed by atoms with Crippen molar-refractivity contribution in [3.63, 3.8) is 0 Å². The minimum atomic E-state index is -3.22. The summed E-state index contributed by atoms with van der Waals surface area (Å²) >= 11 is 0. The Kier molecular flexibility index (Phi) is 5.64. The van der Waals surface area contributed by atoms with Crippen molar-refractivity contribution in [3.8, 4) is 0 Å². The van der Waals surface area contributed by atoms with Crippen LogP contribution >= 0.6 is 0 Å². The van der Waals surface area contributed by atoms with E-state index in [1.165, 1.54) is 6.20 Å². The van der Waals surface area contributed by atoms with E-state index >= 15 is 0 Å². The number of sulfone groups is 1. The maximum Gasteiger partial charge on any atom is 0.179 e. The highest BCUT2D eigenvalue weighted by atomic mass is 32.2. The van der Waals surface area contributed by atoms with E-state index in [2.05, 4.69) is 36.6 Å². The van der Waals surface area contributed by atoms with Crippen LogP contribution < -0.4 is 15.1 Å². The molecule has 2 atom stereocenters. The summed E-state index contributed by atoms with van der Waals surface area (Å²) in [7, 11) is -3.22. The Hall–Kier alpha value is -2.68. The first-order valence-corrected chi connectivity index (χ1v) is 12.0. The van der Waals surface area contributed by atoms with E-state index < -0.39 is 9.84 Å². The van der Waals surface area contributed by atoms with E-state index in [0.29, 0.717) is 16.7 Å². The van der Waals surface area contributed by atoms with Crippen molar-refractivity contribution in [1.29, 1.82) is 0 Å². The highest BCUT2D eigenvalue weighted by Gasteiger charge is 2.38. The molecule has 2 aliphatic heterocycles. The molecule has 30 heavy (non-hydrogen) atoms. The highest BCUT2D eigenvalue weighted by molar-refractivity contribution is 7.91. The molecule has 0 bridgehead atoms. The zero-order chi connectivity index (χ0) is 21.3. The number of hydrogen-bond acceptors (Lipinski definition) is 8. The molecule has 0 aliphatic carbocycles. The van der Waals surface area contributed by atoms with Crippen molar-refractivity contribution in [2.75, 3.05) is 47.0 Å². The fourth-order valence-electron chi connectivity index (χ4n) is 4.46. The number of rotatable bonds is 6. The van der Waals surface area contributed by atoms with Crippen LogP contribution in [0.15, 0.2) is 42.3 Å². The first-order valence-electron chi connectivity index (χ1n) is 10.3. The number of aromatic nitrogens is 3. The summed E-state index contributed by atoms with van der Waals surface area (Å²) in [6.07, 6.45) is 5.80. The maximum absolute atomic E-state index is 12.0. The fraction of sp³-hybridized carbons (Fsp3) is 0.476. The second-order valence-corrected chi connectivity index (χ2v) is 10.2. The Morgan fingerprint density at radius 1 is 1.17 bits per heavy atom. The molecule has 1 N–H and O–H groups in total. The largest absolute Gasteiger partial charge is 0.356 e. The van der Waals surface area contributed by atoms with Crippen molar-refractivity contribution in [3.05, 3.63) is 43.0 Å². The number of hydrogen-bond donors (Lipinski definition) is 1. The van der Waals surface area contributed by atoms with E-state index in [4.69, 9.17) is 0 Å². The van der Waals surface area contributed by atoms with E-state index in [9.17, 15) is 8.42 Å². The molecule has 0 radical (unpaired) electrons. The van der Waals surface area contributed by atoms with Gasteiger partial charge >= 0.3 is 0 Å². The molecule has 0 amide bonds. The van der Waals surface area contributed by atoms with Gasteiger partial charge in [0.05, 0.1) is 10.6 Å². The Bertz CT molecular complexity index is 1020. The van der Waals surface area contributed by atoms with Crippen LogP contribution in [-0.2, 0) is 9.84 Å². The third kappa shape index (κ3) is 3.86. The van der Waals surface area contributed by atoms with Crippen molar-refractivity contribution in [2.45, 2.75) is 25.2 Å². The summed E-state index contributed by atoms with van der Waals surface area (Å²) in [6, 6.07) is 3.51. The molecule has 0 unspecified atom stereocenters. The first kappa shape index (κ1) is 20.6. The summed E-state index contributed by atoms with van der Waals surface area (Å²) in [5.41, 5.74) is 1.03. The minimum Gasteiger partial charge on any atom is -0.356 e. The van der Waals surface area contributed by atoms with Gasteiger partial charge in [-0.25, -0.2) is 23.4 Å². The van der Waals surface area contributed by atoms with Crippen LogP contribution in [0.3, 0.4) is 0 Å². The number of pyridine rings is 1. The van der Waals surface area contributed by atoms with E-state index in [1.54, 1.807) is 25.5 Å². The Morgan fingerprint density at radius 3 is 2.63 bits per heavy atom. The lowest BCUT2D eigenvalue weighted by Gasteiger charge is -2.35. The van der Waals surface area contributed by atoms with Crippen molar-refractivity contribution in [1.82, 2.24) is 15.0 Å². The second kappa shape index (κ2) is 8.22. The summed E-state index contributed by atoms with van der Waals surface area (Å²) in [5, 5.41) is 3.08. The Balaban J connectivity index is 1.47. The van der Waals surface area contributed by atoms with Crippen LogP contribution in [-0.4, -0.2) is 55.3 Å². The van der Waals surface area contributed by atoms with Crippen LogP contribution in [0.4, 0.5) is 17.5 Å². The first-order chi connectivity index (χ1) is 14.4. The fourth-order valence-corrected chi connectivity index (χ4v) is 5.28. The third-order valence-corrected chi connectivity index (χ3v) is 7.90. The van der Waals surface area contributed by atoms with Gasteiger partial charge < -0.3 is 15.1 Å². The van der Waals surface area contributed by atoms with Gasteiger partial charge in [-0.15, -0.1) is 0 Å². The van der Waals surface area contributed by atoms with Gasteiger partial charge in [0, 0.05) is 37.9 Å². The summed E-state index contributed by atoms with van der Waals surface area (Å²) in [5.74, 6) is 3.82. The SMILES string of the molecule is C=CNc1ncnc(N2CC[C@@H]3CN(c4ccc(S(=O)(=O)CC)cn4)C[C@@H]3C2)c1C. The van der Waals surface area contributed by atoms with Gasteiger partial charge in [0.2, 0.25) is 0 Å². The topological polar surface area (TPSA) is 91.3 Å². The van der Waals surface area contributed by atoms with E-state index in [-0.39, 0.29) is 5.75 Å². The molecular formula is C21H28N6O2S. The van der Waals surface area contributed by atoms with Crippen molar-refractivity contribution in [2.24, 2.45) is 11.8 Å². The quantitative estimate of drug-likeness (QED) is 0.750. The van der Waals surface area contributed by atoms with Crippen molar-refractivity contribution < 1.29 is 8.42 Å². The van der Waals surface area contributed by atoms with E-state index in [1.807, 2.05) is 13.0 Å². The second-order valence-electron chi connectivity index (χ2n) is 7.93. The van der Waals surface area contributed by atoms with Gasteiger partial charge in [0.15, 0.2) is 9.84 Å². The zero-order valence-corrected chi connectivity index (χ0v) is 18.3. The molecule has 8 nitrogen and oxygen atoms in total. The van der Waals surface area contributed by atoms with Gasteiger partial charge in [-0.1, -0.05) is 13.5 Å². The van der Waals surface area contributed by atoms with Gasteiger partial charge in [0.25, 0.3) is 0 Å². The lowest BCUT2D eigenvalue weighted by Crippen LogP contribution is -2.40. The Labute approximate surface area is 178 Å². The molecule has 9 heteroatoms. The molecule has 0 spiro atoms. The lowest BCUT2D eigenvalue weighted by atomic mass is 9.88. The summed E-state index contributed by atoms with van der Waals surface area (Å²) in [6.45, 7) is 11.2. The summed E-state index contributed by atoms with van der Waals surface area (Å²) < 4.78 is 24.0. The van der Waals surface area contributed by atoms with Gasteiger partial charge in [-0.05, 0) is 43.5 Å². The average Bonchev–Trinajstić information content (AvgIpc) is 3.19. The zero-order valence-electron chi connectivity index (χ0n) is 17.5. The van der Waals surface area contributed by atoms with Gasteiger partial charge in [-0.3, -0.25) is 0 Å². The molecule has 4 heterocycles. The van der Waals surface area contributed by atoms with Crippen LogP contribution in [0.1, 0.15) is 18.9 Å². The van der Waals surface area contributed by atoms with Crippen LogP contribution in [0.2, 0.25) is 0 Å². The normalized spacial score (nSPS) is 21.4. The van der Waals surface area contributed by atoms with Gasteiger partial charge in [0.1, 0.15) is 23.8 Å². The number of nitrogens with zero attached hydrogens (tertiary/aromatic N) is 5. The van der Waals surface area contributed by atoms with Crippen LogP contribution in [0, 0.1) is 18.8 Å². The molecule has 160 valence electrons. The van der Waals surface area contributed by atoms with Crippen LogP contribution in [0.5, 0.6) is 0 Å². The maximum atomic E-state index is 12.0. The van der Waals surface area contributed by atoms with E-state index in [0.717, 1.165) is 55.6 Å². The minimum absolute atomic E-state index is 0.0875. The summed E-state index contributed by atoms with van der Waals surface area (Å²) in [4.78, 5) is 18.2. The molecule has 2 saturated heterocycles.